The van der Waals surface area contributed by atoms with E-state index < -0.39 is 16.4 Å². The van der Waals surface area contributed by atoms with Crippen LogP contribution in [0.1, 0.15) is 32.0 Å². The predicted octanol–water partition coefficient (Wildman–Crippen LogP) is 2.25. The number of nitrogens with two attached hydrogens (primary N) is 1. The maximum Gasteiger partial charge on any atom is 0.304 e. The first-order valence-corrected chi connectivity index (χ1v) is 6.32. The number of halogens is 1. The van der Waals surface area contributed by atoms with Gasteiger partial charge in [0.25, 0.3) is 0 Å². The summed E-state index contributed by atoms with van der Waals surface area (Å²) in [5.41, 5.74) is 6.28. The van der Waals surface area contributed by atoms with Crippen LogP contribution < -0.4 is 5.73 Å². The van der Waals surface area contributed by atoms with Crippen molar-refractivity contribution in [1.29, 1.82) is 0 Å². The van der Waals surface area contributed by atoms with Crippen molar-refractivity contribution in [2.45, 2.75) is 32.7 Å². The average Bonchev–Trinajstić information content (AvgIpc) is 2.69. The lowest BCUT2D eigenvalue weighted by Crippen LogP contribution is -2.20. The minimum Gasteiger partial charge on any atom is -0.381 e. The standard InChI is InChI=1S/C13H16FN5O2/c1-13(2,3)11-12(15)16-17-18(11)7-8-4-5-10(19(20)21)9(14)6-8/h4-6H,7,15H2,1-3H3. The van der Waals surface area contributed by atoms with Crippen molar-refractivity contribution in [2.75, 3.05) is 5.73 Å². The second-order valence-corrected chi connectivity index (χ2v) is 5.77. The van der Waals surface area contributed by atoms with E-state index in [0.29, 0.717) is 11.4 Å². The van der Waals surface area contributed by atoms with E-state index in [4.69, 9.17) is 5.73 Å². The number of rotatable bonds is 3. The third-order valence-corrected chi connectivity index (χ3v) is 3.01. The summed E-state index contributed by atoms with van der Waals surface area (Å²) < 4.78 is 15.2. The van der Waals surface area contributed by atoms with Crippen LogP contribution in [0, 0.1) is 15.9 Å². The van der Waals surface area contributed by atoms with Gasteiger partial charge in [-0.05, 0) is 11.6 Å². The van der Waals surface area contributed by atoms with Gasteiger partial charge in [0.15, 0.2) is 5.82 Å². The zero-order valence-corrected chi connectivity index (χ0v) is 12.0. The second-order valence-electron chi connectivity index (χ2n) is 5.77. The smallest absolute Gasteiger partial charge is 0.304 e. The van der Waals surface area contributed by atoms with Crippen LogP contribution in [0.4, 0.5) is 15.9 Å². The Balaban J connectivity index is 2.36. The number of anilines is 1. The molecule has 0 aliphatic carbocycles. The molecule has 0 fully saturated rings. The number of aromatic nitrogens is 3. The number of hydrogen-bond donors (Lipinski definition) is 1. The molecule has 1 aromatic carbocycles. The second kappa shape index (κ2) is 5.12. The van der Waals surface area contributed by atoms with E-state index in [2.05, 4.69) is 10.3 Å². The Morgan fingerprint density at radius 3 is 2.62 bits per heavy atom. The van der Waals surface area contributed by atoms with Gasteiger partial charge in [-0.25, -0.2) is 4.68 Å². The molecule has 1 heterocycles. The first-order chi connectivity index (χ1) is 9.70. The minimum atomic E-state index is -0.872. The van der Waals surface area contributed by atoms with E-state index in [1.165, 1.54) is 6.07 Å². The van der Waals surface area contributed by atoms with Gasteiger partial charge in [0.2, 0.25) is 5.82 Å². The molecule has 0 radical (unpaired) electrons. The summed E-state index contributed by atoms with van der Waals surface area (Å²) in [6.45, 7) is 6.14. The Morgan fingerprint density at radius 1 is 1.43 bits per heavy atom. The van der Waals surface area contributed by atoms with Crippen molar-refractivity contribution >= 4 is 11.5 Å². The summed E-state index contributed by atoms with van der Waals surface area (Å²) in [5, 5.41) is 18.4. The van der Waals surface area contributed by atoms with Gasteiger partial charge in [-0.2, -0.15) is 4.39 Å². The highest BCUT2D eigenvalue weighted by Gasteiger charge is 2.24. The SMILES string of the molecule is CC(C)(C)c1c(N)nnn1Cc1ccc([N+](=O)[O-])c(F)c1. The molecule has 0 aliphatic rings. The molecule has 0 bridgehead atoms. The molecular weight excluding hydrogens is 277 g/mol. The quantitative estimate of drug-likeness (QED) is 0.691. The van der Waals surface area contributed by atoms with Crippen LogP contribution in [0.2, 0.25) is 0 Å². The van der Waals surface area contributed by atoms with Crippen molar-refractivity contribution in [3.63, 3.8) is 0 Å². The van der Waals surface area contributed by atoms with Crippen molar-refractivity contribution < 1.29 is 9.31 Å². The van der Waals surface area contributed by atoms with Crippen molar-refractivity contribution in [3.05, 3.63) is 45.4 Å². The molecule has 0 saturated carbocycles. The van der Waals surface area contributed by atoms with Crippen LogP contribution in [-0.4, -0.2) is 19.9 Å². The molecule has 112 valence electrons. The molecule has 0 spiro atoms. The maximum absolute atomic E-state index is 13.6. The van der Waals surface area contributed by atoms with Crippen LogP contribution in [0.15, 0.2) is 18.2 Å². The summed E-state index contributed by atoms with van der Waals surface area (Å²) in [7, 11) is 0. The molecule has 2 rings (SSSR count). The summed E-state index contributed by atoms with van der Waals surface area (Å²) in [6, 6.07) is 3.76. The zero-order chi connectivity index (χ0) is 15.8. The molecule has 0 amide bonds. The van der Waals surface area contributed by atoms with Gasteiger partial charge >= 0.3 is 5.69 Å². The Hall–Kier alpha value is -2.51. The van der Waals surface area contributed by atoms with Gasteiger partial charge < -0.3 is 5.73 Å². The lowest BCUT2D eigenvalue weighted by atomic mass is 9.91. The van der Waals surface area contributed by atoms with Gasteiger partial charge in [-0.1, -0.05) is 32.1 Å². The summed E-state index contributed by atoms with van der Waals surface area (Å²) >= 11 is 0. The zero-order valence-electron chi connectivity index (χ0n) is 12.0. The summed E-state index contributed by atoms with van der Waals surface area (Å²) in [6.07, 6.45) is 0. The van der Waals surface area contributed by atoms with Crippen LogP contribution in [0.5, 0.6) is 0 Å². The molecule has 1 aromatic heterocycles. The Kier molecular flexibility index (Phi) is 3.63. The van der Waals surface area contributed by atoms with E-state index in [0.717, 1.165) is 17.8 Å². The third kappa shape index (κ3) is 2.99. The lowest BCUT2D eigenvalue weighted by Gasteiger charge is -2.20. The Morgan fingerprint density at radius 2 is 2.10 bits per heavy atom. The minimum absolute atomic E-state index is 0.242. The molecule has 8 heteroatoms. The highest BCUT2D eigenvalue weighted by molar-refractivity contribution is 5.39. The fourth-order valence-electron chi connectivity index (χ4n) is 2.18. The Labute approximate surface area is 120 Å². The number of nitro groups is 1. The number of nitrogens with zero attached hydrogens (tertiary/aromatic N) is 4. The average molecular weight is 293 g/mol. The molecule has 21 heavy (non-hydrogen) atoms. The van der Waals surface area contributed by atoms with E-state index in [9.17, 15) is 14.5 Å². The van der Waals surface area contributed by atoms with Gasteiger partial charge in [-0.3, -0.25) is 10.1 Å². The first-order valence-electron chi connectivity index (χ1n) is 6.32. The fourth-order valence-corrected chi connectivity index (χ4v) is 2.18. The van der Waals surface area contributed by atoms with E-state index >= 15 is 0 Å². The molecule has 2 N–H and O–H groups in total. The number of benzene rings is 1. The molecule has 2 aromatic rings. The van der Waals surface area contributed by atoms with Crippen molar-refractivity contribution in [3.8, 4) is 0 Å². The molecular formula is C13H16FN5O2. The van der Waals surface area contributed by atoms with E-state index in [1.807, 2.05) is 20.8 Å². The van der Waals surface area contributed by atoms with Gasteiger partial charge in [0.05, 0.1) is 17.2 Å². The fraction of sp³-hybridized carbons (Fsp3) is 0.385. The van der Waals surface area contributed by atoms with Crippen molar-refractivity contribution in [2.24, 2.45) is 0 Å². The number of hydrogen-bond acceptors (Lipinski definition) is 5. The molecule has 7 nitrogen and oxygen atoms in total. The van der Waals surface area contributed by atoms with Crippen LogP contribution in [0.3, 0.4) is 0 Å². The molecule has 0 saturated heterocycles. The van der Waals surface area contributed by atoms with Gasteiger partial charge in [-0.15, -0.1) is 5.10 Å². The van der Waals surface area contributed by atoms with Crippen LogP contribution in [0.25, 0.3) is 0 Å². The van der Waals surface area contributed by atoms with Gasteiger partial charge in [0.1, 0.15) is 0 Å². The highest BCUT2D eigenvalue weighted by atomic mass is 19.1. The Bertz CT molecular complexity index is 690. The monoisotopic (exact) mass is 293 g/mol. The summed E-state index contributed by atoms with van der Waals surface area (Å²) in [4.78, 5) is 9.84. The number of nitro benzene ring substituents is 1. The van der Waals surface area contributed by atoms with Crippen LogP contribution in [-0.2, 0) is 12.0 Å². The third-order valence-electron chi connectivity index (χ3n) is 3.01. The predicted molar refractivity (Wildman–Crippen MR) is 75.3 cm³/mol. The normalized spacial score (nSPS) is 11.6. The maximum atomic E-state index is 13.6. The lowest BCUT2D eigenvalue weighted by molar-refractivity contribution is -0.387. The molecule has 0 aliphatic heterocycles. The van der Waals surface area contributed by atoms with E-state index in [-0.39, 0.29) is 12.0 Å². The highest BCUT2D eigenvalue weighted by Crippen LogP contribution is 2.27. The molecule has 0 atom stereocenters. The van der Waals surface area contributed by atoms with Gasteiger partial charge in [0, 0.05) is 11.5 Å². The first kappa shape index (κ1) is 14.9. The topological polar surface area (TPSA) is 99.9 Å². The number of nitrogen functional groups attached to an aromatic ring is 1. The van der Waals surface area contributed by atoms with Crippen molar-refractivity contribution in [1.82, 2.24) is 15.0 Å². The summed E-state index contributed by atoms with van der Waals surface area (Å²) in [5.74, 6) is -0.548. The molecule has 0 unspecified atom stereocenters. The van der Waals surface area contributed by atoms with E-state index in [1.54, 1.807) is 4.68 Å². The van der Waals surface area contributed by atoms with Crippen LogP contribution >= 0.6 is 0 Å². The largest absolute Gasteiger partial charge is 0.381 e.